The summed E-state index contributed by atoms with van der Waals surface area (Å²) in [5.74, 6) is 2.00. The van der Waals surface area contributed by atoms with Gasteiger partial charge in [-0.1, -0.05) is 222 Å². The van der Waals surface area contributed by atoms with Gasteiger partial charge in [0.25, 0.3) is 0 Å². The molecule has 1 aliphatic heterocycles. The van der Waals surface area contributed by atoms with Gasteiger partial charge in [0.15, 0.2) is 0 Å². The Morgan fingerprint density at radius 3 is 1.67 bits per heavy atom. The van der Waals surface area contributed by atoms with E-state index in [1.807, 2.05) is 18.3 Å². The first-order valence-corrected chi connectivity index (χ1v) is 28.4. The maximum Gasteiger partial charge on any atom is 0.135 e. The van der Waals surface area contributed by atoms with Crippen molar-refractivity contribution in [1.82, 2.24) is 9.55 Å². The molecule has 0 saturated heterocycles. The quantitative estimate of drug-likeness (QED) is 0.135. The number of aromatic nitrogens is 2. The zero-order chi connectivity index (χ0) is 56.6. The van der Waals surface area contributed by atoms with Gasteiger partial charge in [-0.15, -0.1) is 48.1 Å². The van der Waals surface area contributed by atoms with E-state index in [0.717, 1.165) is 72.6 Å². The van der Waals surface area contributed by atoms with Gasteiger partial charge >= 0.3 is 0 Å². The van der Waals surface area contributed by atoms with Crippen LogP contribution in [0, 0.1) is 18.8 Å². The molecule has 0 amide bonds. The van der Waals surface area contributed by atoms with E-state index in [-0.39, 0.29) is 42.7 Å². The number of pyridine rings is 1. The number of benzene rings is 9. The molecule has 6 heteroatoms. The molecule has 0 radical (unpaired) electrons. The first kappa shape index (κ1) is 55.9. The number of fused-ring (bicyclic) bond motifs is 4. The van der Waals surface area contributed by atoms with E-state index in [0.29, 0.717) is 11.5 Å². The molecule has 2 aromatic heterocycles. The Balaban J connectivity index is 0.00000705. The number of rotatable bonds is 9. The van der Waals surface area contributed by atoms with Crippen LogP contribution in [-0.2, 0) is 42.7 Å². The fraction of sp³-hybridized carbons (Fsp3) is 0.211. The Kier molecular flexibility index (Phi) is 14.6. The summed E-state index contributed by atoms with van der Waals surface area (Å²) < 4.78 is 9.06. The third-order valence-electron chi connectivity index (χ3n) is 16.0. The van der Waals surface area contributed by atoms with E-state index < -0.39 is 0 Å². The summed E-state index contributed by atoms with van der Waals surface area (Å²) in [6.07, 6.45) is 2.03. The molecule has 0 saturated carbocycles. The summed E-state index contributed by atoms with van der Waals surface area (Å²) in [5.41, 5.74) is 20.2. The fourth-order valence-electron chi connectivity index (χ4n) is 11.6. The number of nitrogens with zero attached hydrogens (tertiary/aromatic N) is 4. The van der Waals surface area contributed by atoms with E-state index in [1.54, 1.807) is 0 Å². The van der Waals surface area contributed by atoms with Crippen molar-refractivity contribution < 1.29 is 25.8 Å². The monoisotopic (exact) mass is 1250 g/mol. The Morgan fingerprint density at radius 1 is 0.415 bits per heavy atom. The van der Waals surface area contributed by atoms with Gasteiger partial charge < -0.3 is 19.1 Å². The number of hydrogen-bond acceptors (Lipinski definition) is 4. The van der Waals surface area contributed by atoms with E-state index in [1.165, 1.54) is 44.5 Å². The molecule has 0 aliphatic carbocycles. The molecule has 9 aromatic carbocycles. The number of para-hydroxylation sites is 3. The summed E-state index contributed by atoms with van der Waals surface area (Å²) in [7, 11) is 0. The SMILES string of the molecule is CC(C)(C)c1ccc(-c2ccc(-c3cc(C(C)(C)C)cc(-c4ccccc4C(C)(C)C)c3N3[CH-]N(c4[c-]c(Oc5[c-]c6c(cc5)c5ccccc5n6-c5cc(C(C)(C)C)c(-c6ccccc6)cn5)ccc4)c4ccccc43)cc2)cc1.[Pt]. The molecule has 11 aromatic rings. The number of ether oxygens (including phenoxy) is 1. The smallest absolute Gasteiger partial charge is 0.135 e. The predicted octanol–water partition coefficient (Wildman–Crippen LogP) is 20.8. The van der Waals surface area contributed by atoms with Crippen LogP contribution in [0.5, 0.6) is 11.5 Å². The normalized spacial score (nSPS) is 12.9. The minimum Gasteiger partial charge on any atom is -0.509 e. The van der Waals surface area contributed by atoms with Crippen LogP contribution in [0.1, 0.15) is 105 Å². The van der Waals surface area contributed by atoms with Gasteiger partial charge in [-0.25, -0.2) is 4.98 Å². The van der Waals surface area contributed by atoms with Crippen LogP contribution in [0.15, 0.2) is 206 Å². The van der Waals surface area contributed by atoms with Crippen LogP contribution in [0.3, 0.4) is 0 Å². The summed E-state index contributed by atoms with van der Waals surface area (Å²) in [5, 5.41) is 2.20. The summed E-state index contributed by atoms with van der Waals surface area (Å²) in [4.78, 5) is 9.82. The molecule has 5 nitrogen and oxygen atoms in total. The van der Waals surface area contributed by atoms with Gasteiger partial charge in [0.05, 0.1) is 0 Å². The summed E-state index contributed by atoms with van der Waals surface area (Å²) in [6.45, 7) is 29.7. The molecule has 414 valence electrons. The second kappa shape index (κ2) is 21.4. The van der Waals surface area contributed by atoms with Crippen LogP contribution in [0.2, 0.25) is 0 Å². The van der Waals surface area contributed by atoms with Gasteiger partial charge in [-0.05, 0) is 114 Å². The van der Waals surface area contributed by atoms with Crippen LogP contribution >= 0.6 is 0 Å². The van der Waals surface area contributed by atoms with Crippen molar-refractivity contribution >= 4 is 44.6 Å². The fourth-order valence-corrected chi connectivity index (χ4v) is 11.6. The zero-order valence-electron chi connectivity index (χ0n) is 49.2. The van der Waals surface area contributed by atoms with Crippen LogP contribution in [-0.4, -0.2) is 9.55 Å². The largest absolute Gasteiger partial charge is 0.509 e. The third-order valence-corrected chi connectivity index (χ3v) is 16.0. The Hall–Kier alpha value is -7.98. The summed E-state index contributed by atoms with van der Waals surface area (Å²) in [6, 6.07) is 79.8. The van der Waals surface area contributed by atoms with Gasteiger partial charge in [0, 0.05) is 78.0 Å². The van der Waals surface area contributed by atoms with E-state index >= 15 is 0 Å². The Morgan fingerprint density at radius 2 is 0.988 bits per heavy atom. The van der Waals surface area contributed by atoms with E-state index in [4.69, 9.17) is 9.72 Å². The van der Waals surface area contributed by atoms with Crippen molar-refractivity contribution in [2.45, 2.75) is 105 Å². The first-order chi connectivity index (χ1) is 38.7. The molecule has 0 N–H and O–H groups in total. The Labute approximate surface area is 500 Å². The average molecular weight is 1250 g/mol. The molecule has 82 heavy (non-hydrogen) atoms. The van der Waals surface area contributed by atoms with Crippen molar-refractivity contribution in [3.63, 3.8) is 0 Å². The topological polar surface area (TPSA) is 33.5 Å². The summed E-state index contributed by atoms with van der Waals surface area (Å²) >= 11 is 0. The van der Waals surface area contributed by atoms with Crippen molar-refractivity contribution in [2.75, 3.05) is 9.80 Å². The van der Waals surface area contributed by atoms with Crippen molar-refractivity contribution in [1.29, 1.82) is 0 Å². The maximum absolute atomic E-state index is 6.83. The average Bonchev–Trinajstić information content (AvgIpc) is 3.16. The zero-order valence-corrected chi connectivity index (χ0v) is 51.5. The molecule has 1 aliphatic rings. The third kappa shape index (κ3) is 10.6. The van der Waals surface area contributed by atoms with E-state index in [2.05, 4.69) is 304 Å². The van der Waals surface area contributed by atoms with E-state index in [9.17, 15) is 0 Å². The van der Waals surface area contributed by atoms with Gasteiger partial charge in [0.2, 0.25) is 0 Å². The van der Waals surface area contributed by atoms with Crippen LogP contribution < -0.4 is 14.5 Å². The van der Waals surface area contributed by atoms with Crippen molar-refractivity contribution in [2.24, 2.45) is 0 Å². The van der Waals surface area contributed by atoms with Crippen molar-refractivity contribution in [3.8, 4) is 61.8 Å². The molecule has 0 fully saturated rings. The maximum atomic E-state index is 6.83. The molecule has 0 bridgehead atoms. The van der Waals surface area contributed by atoms with Crippen LogP contribution in [0.4, 0.5) is 22.7 Å². The van der Waals surface area contributed by atoms with Gasteiger partial charge in [-0.2, -0.15) is 12.1 Å². The standard InChI is InChI=1S/C76H71N4O.Pt/c1-73(2,3)54-39-37-51(38-40-54)50-33-35-53(36-34-50)62-43-55(74(4,5)6)44-63(59-27-16-18-29-65(59)75(7,8)9)72(62)79-49-78(68-31-20-21-32-69(68)79)56-25-22-26-57(45-56)81-58-41-42-61-60-28-17-19-30-67(60)80(70(61)46-58)71-47-66(76(10,11)12)64(48-77-71)52-23-14-13-15-24-52;/h13-44,47-49H,1-12H3;/q-3;. The molecule has 12 rings (SSSR count). The second-order valence-electron chi connectivity index (χ2n) is 25.9. The minimum absolute atomic E-state index is 0. The van der Waals surface area contributed by atoms with Crippen LogP contribution in [0.25, 0.3) is 72.1 Å². The number of hydrogen-bond donors (Lipinski definition) is 0. The molecular formula is C76H71N4OPt-3. The van der Waals surface area contributed by atoms with Gasteiger partial charge in [-0.3, -0.25) is 0 Å². The first-order valence-electron chi connectivity index (χ1n) is 28.4. The molecule has 0 spiro atoms. The molecular weight excluding hydrogens is 1180 g/mol. The Bertz CT molecular complexity index is 4150. The molecule has 0 atom stereocenters. The minimum atomic E-state index is -0.142. The predicted molar refractivity (Wildman–Crippen MR) is 341 cm³/mol. The van der Waals surface area contributed by atoms with Gasteiger partial charge in [0.1, 0.15) is 5.82 Å². The second-order valence-corrected chi connectivity index (χ2v) is 25.9. The molecule has 3 heterocycles. The number of anilines is 4. The molecule has 0 unspecified atom stereocenters. The van der Waals surface area contributed by atoms with Crippen molar-refractivity contribution in [3.05, 3.63) is 247 Å².